The number of anilines is 1. The quantitative estimate of drug-likeness (QED) is 0.745. The lowest BCUT2D eigenvalue weighted by atomic mass is 10.1. The Morgan fingerprint density at radius 3 is 2.58 bits per heavy atom. The van der Waals surface area contributed by atoms with Crippen molar-refractivity contribution in [1.82, 2.24) is 24.9 Å². The van der Waals surface area contributed by atoms with Crippen LogP contribution in [0.25, 0.3) is 5.78 Å². The maximum Gasteiger partial charge on any atom is 0.295 e. The first-order valence-electron chi connectivity index (χ1n) is 7.36. The van der Waals surface area contributed by atoms with Gasteiger partial charge in [-0.1, -0.05) is 12.1 Å². The van der Waals surface area contributed by atoms with Gasteiger partial charge < -0.3 is 10.6 Å². The SMILES string of the molecule is CNC(=O)Cc1ccc(NC(=O)c2nc3nccc(C)n3n2)cc1. The van der Waals surface area contributed by atoms with Gasteiger partial charge in [-0.25, -0.2) is 9.50 Å². The molecule has 2 heterocycles. The molecule has 0 bridgehead atoms. The monoisotopic (exact) mass is 324 g/mol. The molecule has 0 aliphatic rings. The second-order valence-corrected chi connectivity index (χ2v) is 5.23. The normalized spacial score (nSPS) is 10.6. The van der Waals surface area contributed by atoms with Gasteiger partial charge in [0, 0.05) is 24.6 Å². The summed E-state index contributed by atoms with van der Waals surface area (Å²) in [5.41, 5.74) is 2.30. The number of nitrogens with zero attached hydrogens (tertiary/aromatic N) is 4. The minimum absolute atomic E-state index is 0.0474. The van der Waals surface area contributed by atoms with Crippen molar-refractivity contribution in [3.63, 3.8) is 0 Å². The minimum Gasteiger partial charge on any atom is -0.359 e. The van der Waals surface area contributed by atoms with Gasteiger partial charge in [0.15, 0.2) is 0 Å². The highest BCUT2D eigenvalue weighted by atomic mass is 16.2. The zero-order valence-corrected chi connectivity index (χ0v) is 13.3. The fourth-order valence-corrected chi connectivity index (χ4v) is 2.17. The van der Waals surface area contributed by atoms with Crippen molar-refractivity contribution in [3.8, 4) is 0 Å². The van der Waals surface area contributed by atoms with E-state index in [1.165, 1.54) is 4.52 Å². The molecule has 0 fully saturated rings. The van der Waals surface area contributed by atoms with E-state index in [0.717, 1.165) is 11.3 Å². The molecule has 0 saturated carbocycles. The van der Waals surface area contributed by atoms with E-state index in [2.05, 4.69) is 25.7 Å². The zero-order valence-electron chi connectivity index (χ0n) is 13.3. The largest absolute Gasteiger partial charge is 0.359 e. The van der Waals surface area contributed by atoms with Crippen LogP contribution in [0.5, 0.6) is 0 Å². The molecule has 0 unspecified atom stereocenters. The summed E-state index contributed by atoms with van der Waals surface area (Å²) in [4.78, 5) is 31.8. The van der Waals surface area contributed by atoms with Crippen molar-refractivity contribution in [2.24, 2.45) is 0 Å². The molecule has 2 amide bonds. The number of carbonyl (C=O) groups excluding carboxylic acids is 2. The van der Waals surface area contributed by atoms with E-state index in [1.807, 2.05) is 6.92 Å². The number of fused-ring (bicyclic) bond motifs is 1. The lowest BCUT2D eigenvalue weighted by Gasteiger charge is -2.04. The summed E-state index contributed by atoms with van der Waals surface area (Å²) in [5, 5.41) is 9.45. The number of nitrogens with one attached hydrogen (secondary N) is 2. The number of rotatable bonds is 4. The van der Waals surface area contributed by atoms with Gasteiger partial charge in [-0.05, 0) is 30.7 Å². The molecular weight excluding hydrogens is 308 g/mol. The Hall–Kier alpha value is -3.29. The molecule has 8 nitrogen and oxygen atoms in total. The number of hydrogen-bond donors (Lipinski definition) is 2. The zero-order chi connectivity index (χ0) is 17.1. The van der Waals surface area contributed by atoms with Crippen molar-refractivity contribution in [3.05, 3.63) is 53.6 Å². The molecule has 3 rings (SSSR count). The number of hydrogen-bond acceptors (Lipinski definition) is 5. The molecular formula is C16H16N6O2. The Morgan fingerprint density at radius 1 is 1.17 bits per heavy atom. The Kier molecular flexibility index (Phi) is 4.19. The summed E-state index contributed by atoms with van der Waals surface area (Å²) >= 11 is 0. The van der Waals surface area contributed by atoms with Crippen LogP contribution in [0.3, 0.4) is 0 Å². The van der Waals surface area contributed by atoms with Crippen LogP contribution >= 0.6 is 0 Å². The Bertz CT molecular complexity index is 901. The smallest absolute Gasteiger partial charge is 0.295 e. The fourth-order valence-electron chi connectivity index (χ4n) is 2.17. The van der Waals surface area contributed by atoms with Gasteiger partial charge >= 0.3 is 0 Å². The highest BCUT2D eigenvalue weighted by molar-refractivity contribution is 6.01. The van der Waals surface area contributed by atoms with Gasteiger partial charge in [-0.15, -0.1) is 5.10 Å². The van der Waals surface area contributed by atoms with E-state index in [0.29, 0.717) is 17.9 Å². The molecule has 0 aliphatic heterocycles. The highest BCUT2D eigenvalue weighted by Crippen LogP contribution is 2.11. The third-order valence-corrected chi connectivity index (χ3v) is 3.49. The number of benzene rings is 1. The first-order valence-corrected chi connectivity index (χ1v) is 7.36. The molecule has 0 saturated heterocycles. The topological polar surface area (TPSA) is 101 Å². The standard InChI is InChI=1S/C16H16N6O2/c1-10-7-8-18-16-20-14(21-22(10)16)15(24)19-12-5-3-11(4-6-12)9-13(23)17-2/h3-8H,9H2,1-2H3,(H,17,23)(H,19,24). The van der Waals surface area contributed by atoms with Crippen molar-refractivity contribution in [1.29, 1.82) is 0 Å². The fraction of sp³-hybridized carbons (Fsp3) is 0.188. The van der Waals surface area contributed by atoms with Crippen molar-refractivity contribution < 1.29 is 9.59 Å². The van der Waals surface area contributed by atoms with Gasteiger partial charge in [-0.2, -0.15) is 4.98 Å². The predicted molar refractivity (Wildman–Crippen MR) is 87.7 cm³/mol. The molecule has 2 aromatic heterocycles. The van der Waals surface area contributed by atoms with Crippen LogP contribution in [-0.2, 0) is 11.2 Å². The molecule has 0 atom stereocenters. The van der Waals surface area contributed by atoms with Gasteiger partial charge in [0.1, 0.15) is 0 Å². The summed E-state index contributed by atoms with van der Waals surface area (Å²) < 4.78 is 1.52. The molecule has 8 heteroatoms. The number of carbonyl (C=O) groups is 2. The van der Waals surface area contributed by atoms with Crippen LogP contribution in [0.4, 0.5) is 5.69 Å². The second-order valence-electron chi connectivity index (χ2n) is 5.23. The summed E-state index contributed by atoms with van der Waals surface area (Å²) in [6, 6.07) is 8.82. The Morgan fingerprint density at radius 2 is 1.92 bits per heavy atom. The van der Waals surface area contributed by atoms with Crippen LogP contribution in [0.1, 0.15) is 21.9 Å². The van der Waals surface area contributed by atoms with Crippen LogP contribution in [0.15, 0.2) is 36.5 Å². The number of amides is 2. The van der Waals surface area contributed by atoms with E-state index < -0.39 is 5.91 Å². The van der Waals surface area contributed by atoms with Crippen molar-refractivity contribution >= 4 is 23.3 Å². The van der Waals surface area contributed by atoms with Gasteiger partial charge in [0.05, 0.1) is 6.42 Å². The average molecular weight is 324 g/mol. The van der Waals surface area contributed by atoms with E-state index in [9.17, 15) is 9.59 Å². The predicted octanol–water partition coefficient (Wildman–Crippen LogP) is 0.974. The van der Waals surface area contributed by atoms with Gasteiger partial charge in [0.25, 0.3) is 11.7 Å². The first-order chi connectivity index (χ1) is 11.6. The molecule has 24 heavy (non-hydrogen) atoms. The number of aryl methyl sites for hydroxylation is 1. The Labute approximate surface area is 137 Å². The molecule has 1 aromatic carbocycles. The summed E-state index contributed by atoms with van der Waals surface area (Å²) in [5.74, 6) is -0.0604. The van der Waals surface area contributed by atoms with E-state index in [1.54, 1.807) is 43.6 Å². The molecule has 0 aliphatic carbocycles. The van der Waals surface area contributed by atoms with Crippen LogP contribution in [0.2, 0.25) is 0 Å². The maximum absolute atomic E-state index is 12.3. The van der Waals surface area contributed by atoms with Crippen LogP contribution in [-0.4, -0.2) is 38.4 Å². The molecule has 122 valence electrons. The molecule has 0 spiro atoms. The lowest BCUT2D eigenvalue weighted by molar-refractivity contribution is -0.119. The van der Waals surface area contributed by atoms with E-state index in [-0.39, 0.29) is 11.7 Å². The van der Waals surface area contributed by atoms with Crippen molar-refractivity contribution in [2.45, 2.75) is 13.3 Å². The Balaban J connectivity index is 1.74. The minimum atomic E-state index is -0.418. The number of likely N-dealkylation sites (N-methyl/N-ethyl adjacent to an activating group) is 1. The van der Waals surface area contributed by atoms with Crippen molar-refractivity contribution in [2.75, 3.05) is 12.4 Å². The van der Waals surface area contributed by atoms with Crippen LogP contribution < -0.4 is 10.6 Å². The average Bonchev–Trinajstić information content (AvgIpc) is 3.02. The third-order valence-electron chi connectivity index (χ3n) is 3.49. The third kappa shape index (κ3) is 3.22. The molecule has 3 aromatic rings. The summed E-state index contributed by atoms with van der Waals surface area (Å²) in [7, 11) is 1.59. The van der Waals surface area contributed by atoms with Gasteiger partial charge in [-0.3, -0.25) is 9.59 Å². The second kappa shape index (κ2) is 6.45. The lowest BCUT2D eigenvalue weighted by Crippen LogP contribution is -2.19. The molecule has 2 N–H and O–H groups in total. The van der Waals surface area contributed by atoms with Gasteiger partial charge in [0.2, 0.25) is 11.7 Å². The molecule has 0 radical (unpaired) electrons. The summed E-state index contributed by atoms with van der Waals surface area (Å²) in [6.07, 6.45) is 1.91. The van der Waals surface area contributed by atoms with E-state index in [4.69, 9.17) is 0 Å². The van der Waals surface area contributed by atoms with E-state index >= 15 is 0 Å². The number of aromatic nitrogens is 4. The first kappa shape index (κ1) is 15.6. The summed E-state index contributed by atoms with van der Waals surface area (Å²) in [6.45, 7) is 1.86. The maximum atomic E-state index is 12.3. The van der Waals surface area contributed by atoms with Crippen LogP contribution in [0, 0.1) is 6.92 Å². The highest BCUT2D eigenvalue weighted by Gasteiger charge is 2.14.